The van der Waals surface area contributed by atoms with Gasteiger partial charge in [0, 0.05) is 10.7 Å². The number of carbonyl (C=O) groups excluding carboxylic acids is 1. The van der Waals surface area contributed by atoms with E-state index in [0.29, 0.717) is 5.82 Å². The van der Waals surface area contributed by atoms with Gasteiger partial charge in [0.1, 0.15) is 0 Å². The highest BCUT2D eigenvalue weighted by molar-refractivity contribution is 9.10. The van der Waals surface area contributed by atoms with Gasteiger partial charge in [-0.25, -0.2) is 4.98 Å². The van der Waals surface area contributed by atoms with E-state index in [1.165, 1.54) is 0 Å². The highest BCUT2D eigenvalue weighted by Gasteiger charge is 2.05. The van der Waals surface area contributed by atoms with Crippen molar-refractivity contribution in [1.29, 1.82) is 0 Å². The molecule has 0 aliphatic heterocycles. The average Bonchev–Trinajstić information content (AvgIpc) is 2.42. The van der Waals surface area contributed by atoms with E-state index < -0.39 is 0 Å². The number of hydrogen-bond acceptors (Lipinski definition) is 2. The van der Waals surface area contributed by atoms with Crippen molar-refractivity contribution in [3.05, 3.63) is 34.3 Å². The van der Waals surface area contributed by atoms with E-state index in [0.717, 1.165) is 22.0 Å². The molecule has 0 aliphatic rings. The predicted molar refractivity (Wildman–Crippen MR) is 53.0 cm³/mol. The number of hydrogen-bond donors (Lipinski definition) is 0. The first kappa shape index (κ1) is 8.44. The van der Waals surface area contributed by atoms with Gasteiger partial charge in [-0.2, -0.15) is 0 Å². The second-order valence-corrected chi connectivity index (χ2v) is 3.69. The van der Waals surface area contributed by atoms with Crippen LogP contribution < -0.4 is 0 Å². The zero-order chi connectivity index (χ0) is 9.42. The number of nitrogens with zero attached hydrogens (tertiary/aromatic N) is 2. The van der Waals surface area contributed by atoms with Crippen molar-refractivity contribution < 1.29 is 4.79 Å². The molecule has 2 aromatic heterocycles. The summed E-state index contributed by atoms with van der Waals surface area (Å²) in [5.41, 5.74) is 1.83. The number of aldehydes is 1. The average molecular weight is 239 g/mol. The maximum absolute atomic E-state index is 10.6. The Balaban J connectivity index is 2.89. The van der Waals surface area contributed by atoms with Gasteiger partial charge in [-0.05, 0) is 35.0 Å². The molecule has 66 valence electrons. The summed E-state index contributed by atoms with van der Waals surface area (Å²) < 4.78 is 2.70. The van der Waals surface area contributed by atoms with Crippen molar-refractivity contribution in [2.75, 3.05) is 0 Å². The number of carbonyl (C=O) groups is 1. The Labute approximate surface area is 83.5 Å². The SMILES string of the molecule is Cc1nc(C=O)n2cc(Br)ccc12. The quantitative estimate of drug-likeness (QED) is 0.715. The zero-order valence-corrected chi connectivity index (χ0v) is 8.58. The van der Waals surface area contributed by atoms with Crippen molar-refractivity contribution in [1.82, 2.24) is 9.38 Å². The molecule has 0 aliphatic carbocycles. The normalized spacial score (nSPS) is 10.6. The first-order chi connectivity index (χ1) is 6.22. The lowest BCUT2D eigenvalue weighted by atomic mass is 10.3. The van der Waals surface area contributed by atoms with Gasteiger partial charge in [0.15, 0.2) is 12.1 Å². The van der Waals surface area contributed by atoms with E-state index >= 15 is 0 Å². The van der Waals surface area contributed by atoms with Crippen LogP contribution in [0.4, 0.5) is 0 Å². The molecule has 3 nitrogen and oxygen atoms in total. The minimum atomic E-state index is 0.439. The van der Waals surface area contributed by atoms with Crippen LogP contribution in [0, 0.1) is 6.92 Å². The monoisotopic (exact) mass is 238 g/mol. The van der Waals surface area contributed by atoms with Gasteiger partial charge in [-0.3, -0.25) is 9.20 Å². The summed E-state index contributed by atoms with van der Waals surface area (Å²) in [6.45, 7) is 1.89. The highest BCUT2D eigenvalue weighted by Crippen LogP contribution is 2.16. The largest absolute Gasteiger partial charge is 0.296 e. The third-order valence-corrected chi connectivity index (χ3v) is 2.39. The highest BCUT2D eigenvalue weighted by atomic mass is 79.9. The van der Waals surface area contributed by atoms with Crippen molar-refractivity contribution in [2.45, 2.75) is 6.92 Å². The Morgan fingerprint density at radius 1 is 1.54 bits per heavy atom. The molecule has 4 heteroatoms. The lowest BCUT2D eigenvalue weighted by molar-refractivity contribution is 0.111. The molecular formula is C9H7BrN2O. The first-order valence-corrected chi connectivity index (χ1v) is 4.61. The van der Waals surface area contributed by atoms with Crippen LogP contribution >= 0.6 is 15.9 Å². The second kappa shape index (κ2) is 2.96. The van der Waals surface area contributed by atoms with E-state index in [1.54, 1.807) is 4.40 Å². The number of pyridine rings is 1. The van der Waals surface area contributed by atoms with E-state index in [9.17, 15) is 4.79 Å². The maximum Gasteiger partial charge on any atom is 0.185 e. The van der Waals surface area contributed by atoms with Gasteiger partial charge in [0.2, 0.25) is 0 Å². The number of aryl methyl sites for hydroxylation is 1. The minimum Gasteiger partial charge on any atom is -0.296 e. The Kier molecular flexibility index (Phi) is 1.92. The summed E-state index contributed by atoms with van der Waals surface area (Å²) in [4.78, 5) is 14.8. The molecule has 0 N–H and O–H groups in total. The van der Waals surface area contributed by atoms with Crippen molar-refractivity contribution in [3.8, 4) is 0 Å². The molecule has 0 radical (unpaired) electrons. The van der Waals surface area contributed by atoms with Crippen LogP contribution in [0.3, 0.4) is 0 Å². The van der Waals surface area contributed by atoms with Crippen molar-refractivity contribution >= 4 is 27.7 Å². The van der Waals surface area contributed by atoms with Crippen LogP contribution in [0.15, 0.2) is 22.8 Å². The molecule has 0 atom stereocenters. The van der Waals surface area contributed by atoms with Gasteiger partial charge >= 0.3 is 0 Å². The molecule has 0 saturated heterocycles. The standard InChI is InChI=1S/C9H7BrN2O/c1-6-8-3-2-7(10)4-12(8)9(5-13)11-6/h2-5H,1H3. The molecule has 2 rings (SSSR count). The van der Waals surface area contributed by atoms with E-state index in [2.05, 4.69) is 20.9 Å². The van der Waals surface area contributed by atoms with Gasteiger partial charge in [0.05, 0.1) is 11.2 Å². The first-order valence-electron chi connectivity index (χ1n) is 3.82. The van der Waals surface area contributed by atoms with Crippen LogP contribution in [-0.4, -0.2) is 15.7 Å². The predicted octanol–water partition coefficient (Wildman–Crippen LogP) is 2.22. The number of halogens is 1. The van der Waals surface area contributed by atoms with Crippen LogP contribution in [0.2, 0.25) is 0 Å². The number of aromatic nitrogens is 2. The van der Waals surface area contributed by atoms with E-state index in [4.69, 9.17) is 0 Å². The van der Waals surface area contributed by atoms with Crippen LogP contribution in [0.1, 0.15) is 16.3 Å². The molecule has 0 unspecified atom stereocenters. The molecule has 0 aromatic carbocycles. The van der Waals surface area contributed by atoms with E-state index in [-0.39, 0.29) is 0 Å². The van der Waals surface area contributed by atoms with Gasteiger partial charge in [-0.15, -0.1) is 0 Å². The third kappa shape index (κ3) is 1.27. The smallest absolute Gasteiger partial charge is 0.185 e. The summed E-state index contributed by atoms with van der Waals surface area (Å²) in [5, 5.41) is 0. The summed E-state index contributed by atoms with van der Waals surface area (Å²) in [5.74, 6) is 0.439. The molecule has 2 aromatic rings. The van der Waals surface area contributed by atoms with Crippen molar-refractivity contribution in [2.24, 2.45) is 0 Å². The van der Waals surface area contributed by atoms with Crippen LogP contribution in [0.25, 0.3) is 5.52 Å². The molecule has 0 saturated carbocycles. The lowest BCUT2D eigenvalue weighted by Crippen LogP contribution is -1.91. The fourth-order valence-corrected chi connectivity index (χ4v) is 1.66. The number of rotatable bonds is 1. The molecule has 0 fully saturated rings. The minimum absolute atomic E-state index is 0.439. The van der Waals surface area contributed by atoms with Gasteiger partial charge < -0.3 is 0 Å². The fraction of sp³-hybridized carbons (Fsp3) is 0.111. The molecular weight excluding hydrogens is 232 g/mol. The Morgan fingerprint density at radius 2 is 2.31 bits per heavy atom. The second-order valence-electron chi connectivity index (χ2n) is 2.78. The Bertz CT molecular complexity index is 476. The zero-order valence-electron chi connectivity index (χ0n) is 6.99. The maximum atomic E-state index is 10.6. The summed E-state index contributed by atoms with van der Waals surface area (Å²) >= 11 is 3.34. The topological polar surface area (TPSA) is 34.4 Å². The number of imidazole rings is 1. The van der Waals surface area contributed by atoms with Crippen LogP contribution in [0.5, 0.6) is 0 Å². The molecule has 2 heterocycles. The summed E-state index contributed by atoms with van der Waals surface area (Å²) in [7, 11) is 0. The van der Waals surface area contributed by atoms with E-state index in [1.807, 2.05) is 25.3 Å². The molecule has 13 heavy (non-hydrogen) atoms. The lowest BCUT2D eigenvalue weighted by Gasteiger charge is -1.95. The summed E-state index contributed by atoms with van der Waals surface area (Å²) in [6.07, 6.45) is 2.59. The third-order valence-electron chi connectivity index (χ3n) is 1.92. The van der Waals surface area contributed by atoms with Crippen LogP contribution in [-0.2, 0) is 0 Å². The Hall–Kier alpha value is -1.16. The molecule has 0 amide bonds. The number of fused-ring (bicyclic) bond motifs is 1. The van der Waals surface area contributed by atoms with Gasteiger partial charge in [0.25, 0.3) is 0 Å². The fourth-order valence-electron chi connectivity index (χ4n) is 1.33. The molecule has 0 spiro atoms. The summed E-state index contributed by atoms with van der Waals surface area (Å²) in [6, 6.07) is 3.86. The van der Waals surface area contributed by atoms with Crippen molar-refractivity contribution in [3.63, 3.8) is 0 Å². The molecule has 0 bridgehead atoms. The Morgan fingerprint density at radius 3 is 3.00 bits per heavy atom. The van der Waals surface area contributed by atoms with Gasteiger partial charge in [-0.1, -0.05) is 0 Å².